The van der Waals surface area contributed by atoms with Gasteiger partial charge in [0.2, 0.25) is 5.78 Å². The second-order valence-electron chi connectivity index (χ2n) is 10.8. The summed E-state index contributed by atoms with van der Waals surface area (Å²) in [6.45, 7) is 8.18. The molecule has 0 radical (unpaired) electrons. The summed E-state index contributed by atoms with van der Waals surface area (Å²) >= 11 is 0. The Morgan fingerprint density at radius 2 is 1.64 bits per heavy atom. The Labute approximate surface area is 258 Å². The molecule has 4 aromatic carbocycles. The Kier molecular flexibility index (Phi) is 9.55. The minimum absolute atomic E-state index is 0.158. The molecule has 222 valence electrons. The van der Waals surface area contributed by atoms with Crippen LogP contribution in [0.25, 0.3) is 10.8 Å². The second-order valence-corrected chi connectivity index (χ2v) is 10.8. The van der Waals surface area contributed by atoms with Crippen LogP contribution in [0.2, 0.25) is 0 Å². The zero-order chi connectivity index (χ0) is 31.1. The van der Waals surface area contributed by atoms with Crippen molar-refractivity contribution in [3.05, 3.63) is 126 Å². The van der Waals surface area contributed by atoms with E-state index in [0.29, 0.717) is 35.7 Å². The molecule has 0 aliphatic carbocycles. The molecule has 0 spiro atoms. The Balaban J connectivity index is 1.64. The van der Waals surface area contributed by atoms with Crippen LogP contribution in [0.1, 0.15) is 80.1 Å². The molecular weight excluding hydrogens is 548 g/mol. The van der Waals surface area contributed by atoms with E-state index in [1.807, 2.05) is 62.4 Å². The number of para-hydroxylation sites is 1. The third-order valence-electron chi connectivity index (χ3n) is 7.78. The molecular formula is C37H36N4O3. The first kappa shape index (κ1) is 30.3. The third kappa shape index (κ3) is 6.57. The molecule has 1 heterocycles. The van der Waals surface area contributed by atoms with Crippen molar-refractivity contribution in [1.82, 2.24) is 9.97 Å². The van der Waals surface area contributed by atoms with Gasteiger partial charge in [0.1, 0.15) is 12.0 Å². The van der Waals surface area contributed by atoms with Gasteiger partial charge in [-0.2, -0.15) is 0 Å². The molecule has 1 unspecified atom stereocenters. The van der Waals surface area contributed by atoms with E-state index in [1.165, 1.54) is 11.9 Å². The predicted molar refractivity (Wildman–Crippen MR) is 176 cm³/mol. The van der Waals surface area contributed by atoms with Crippen LogP contribution in [0.3, 0.4) is 0 Å². The highest BCUT2D eigenvalue weighted by Gasteiger charge is 2.21. The molecule has 5 aromatic rings. The summed E-state index contributed by atoms with van der Waals surface area (Å²) < 4.78 is 0. The molecule has 0 bridgehead atoms. The molecule has 0 aliphatic rings. The Morgan fingerprint density at radius 1 is 0.886 bits per heavy atom. The van der Waals surface area contributed by atoms with Crippen molar-refractivity contribution in [1.29, 1.82) is 0 Å². The molecule has 0 saturated heterocycles. The maximum Gasteiger partial charge on any atom is 0.335 e. The highest BCUT2D eigenvalue weighted by molar-refractivity contribution is 6.11. The number of hydrogen-bond donors (Lipinski definition) is 0. The predicted octanol–water partition coefficient (Wildman–Crippen LogP) is 8.91. The number of benzene rings is 4. The van der Waals surface area contributed by atoms with E-state index < -0.39 is 0 Å². The van der Waals surface area contributed by atoms with Crippen LogP contribution in [-0.2, 0) is 9.63 Å². The van der Waals surface area contributed by atoms with Crippen molar-refractivity contribution in [2.24, 2.45) is 5.16 Å². The van der Waals surface area contributed by atoms with Gasteiger partial charge in [0, 0.05) is 34.9 Å². The van der Waals surface area contributed by atoms with Crippen molar-refractivity contribution in [3.8, 4) is 0 Å². The number of ketones is 1. The van der Waals surface area contributed by atoms with E-state index in [4.69, 9.17) is 4.84 Å². The lowest BCUT2D eigenvalue weighted by Crippen LogP contribution is -2.14. The summed E-state index contributed by atoms with van der Waals surface area (Å²) in [5.41, 5.74) is 6.55. The first-order valence-electron chi connectivity index (χ1n) is 15.0. The third-order valence-corrected chi connectivity index (χ3v) is 7.78. The molecule has 5 rings (SSSR count). The second kappa shape index (κ2) is 13.9. The van der Waals surface area contributed by atoms with Crippen LogP contribution < -0.4 is 4.90 Å². The average Bonchev–Trinajstić information content (AvgIpc) is 3.07. The fourth-order valence-electron chi connectivity index (χ4n) is 5.17. The van der Waals surface area contributed by atoms with Gasteiger partial charge in [-0.3, -0.25) is 4.79 Å². The molecule has 0 aliphatic heterocycles. The van der Waals surface area contributed by atoms with Crippen LogP contribution in [0.4, 0.5) is 17.1 Å². The van der Waals surface area contributed by atoms with Gasteiger partial charge in [-0.15, -0.1) is 0 Å². The van der Waals surface area contributed by atoms with Crippen molar-refractivity contribution in [2.45, 2.75) is 52.9 Å². The van der Waals surface area contributed by atoms with Gasteiger partial charge in [0.15, 0.2) is 0 Å². The molecule has 7 nitrogen and oxygen atoms in total. The fourth-order valence-corrected chi connectivity index (χ4v) is 5.17. The van der Waals surface area contributed by atoms with E-state index in [9.17, 15) is 9.59 Å². The lowest BCUT2D eigenvalue weighted by atomic mass is 9.95. The molecule has 1 aromatic heterocycles. The van der Waals surface area contributed by atoms with Crippen LogP contribution in [-0.4, -0.2) is 27.4 Å². The van der Waals surface area contributed by atoms with Gasteiger partial charge >= 0.3 is 5.97 Å². The quantitative estimate of drug-likeness (QED) is 0.0667. The van der Waals surface area contributed by atoms with Gasteiger partial charge in [0.25, 0.3) is 0 Å². The summed E-state index contributed by atoms with van der Waals surface area (Å²) in [4.78, 5) is 40.7. The number of rotatable bonds is 11. The van der Waals surface area contributed by atoms with Crippen LogP contribution in [0, 0.1) is 0 Å². The van der Waals surface area contributed by atoms with Gasteiger partial charge in [-0.05, 0) is 78.6 Å². The van der Waals surface area contributed by atoms with Gasteiger partial charge in [-0.1, -0.05) is 80.5 Å². The summed E-state index contributed by atoms with van der Waals surface area (Å²) in [5.74, 6) is -0.177. The number of carbonyl (C=O) groups excluding carboxylic acids is 2. The topological polar surface area (TPSA) is 84.8 Å². The van der Waals surface area contributed by atoms with Crippen molar-refractivity contribution in [3.63, 3.8) is 0 Å². The summed E-state index contributed by atoms with van der Waals surface area (Å²) in [6.07, 6.45) is 4.99. The standard InChI is InChI=1S/C37H36N4O3/c1-5-10-36(42)44-40-26(4)27-17-19-30(20-18-27)41(34-13-8-7-12-31(34)25(3)6-2)35-14-9-11-28-15-16-29(23-32(28)35)37(43)33-21-22-38-24-39-33/h7-9,11-25H,5-6,10H2,1-4H3/b40-26-. The summed E-state index contributed by atoms with van der Waals surface area (Å²) in [6, 6.07) is 30.1. The van der Waals surface area contributed by atoms with E-state index in [1.54, 1.807) is 12.3 Å². The number of fused-ring (bicyclic) bond motifs is 1. The van der Waals surface area contributed by atoms with E-state index in [0.717, 1.165) is 39.8 Å². The number of carbonyl (C=O) groups is 2. The van der Waals surface area contributed by atoms with E-state index in [2.05, 4.69) is 70.3 Å². The Hall–Kier alpha value is -5.17. The highest BCUT2D eigenvalue weighted by atomic mass is 16.7. The number of anilines is 3. The number of hydrogen-bond acceptors (Lipinski definition) is 7. The molecule has 44 heavy (non-hydrogen) atoms. The maximum atomic E-state index is 13.4. The molecule has 0 fully saturated rings. The molecule has 0 amide bonds. The van der Waals surface area contributed by atoms with Crippen LogP contribution in [0.5, 0.6) is 0 Å². The largest absolute Gasteiger partial charge is 0.335 e. The fraction of sp³-hybridized carbons (Fsp3) is 0.216. The van der Waals surface area contributed by atoms with E-state index >= 15 is 0 Å². The summed E-state index contributed by atoms with van der Waals surface area (Å²) in [7, 11) is 0. The SMILES string of the molecule is CCCC(=O)O/N=C(/C)c1ccc(N(c2ccccc2C(C)CC)c2cccc3ccc(C(=O)c4ccncn4)cc23)cc1. The minimum atomic E-state index is -0.343. The first-order valence-corrected chi connectivity index (χ1v) is 15.0. The number of nitrogens with zero attached hydrogens (tertiary/aromatic N) is 4. The minimum Gasteiger partial charge on any atom is -0.318 e. The van der Waals surface area contributed by atoms with Crippen LogP contribution >= 0.6 is 0 Å². The highest BCUT2D eigenvalue weighted by Crippen LogP contribution is 2.42. The maximum absolute atomic E-state index is 13.4. The zero-order valence-electron chi connectivity index (χ0n) is 25.5. The average molecular weight is 585 g/mol. The lowest BCUT2D eigenvalue weighted by molar-refractivity contribution is -0.143. The number of oxime groups is 1. The van der Waals surface area contributed by atoms with Crippen molar-refractivity contribution < 1.29 is 14.4 Å². The molecule has 0 saturated carbocycles. The monoisotopic (exact) mass is 584 g/mol. The van der Waals surface area contributed by atoms with Crippen molar-refractivity contribution >= 4 is 45.3 Å². The van der Waals surface area contributed by atoms with Gasteiger partial charge in [0.05, 0.1) is 11.4 Å². The molecule has 7 heteroatoms. The van der Waals surface area contributed by atoms with Gasteiger partial charge in [-0.25, -0.2) is 14.8 Å². The Bertz CT molecular complexity index is 1800. The molecule has 0 N–H and O–H groups in total. The van der Waals surface area contributed by atoms with E-state index in [-0.39, 0.29) is 11.8 Å². The lowest BCUT2D eigenvalue weighted by Gasteiger charge is -2.30. The van der Waals surface area contributed by atoms with Gasteiger partial charge < -0.3 is 9.74 Å². The van der Waals surface area contributed by atoms with Crippen molar-refractivity contribution in [2.75, 3.05) is 4.90 Å². The first-order chi connectivity index (χ1) is 21.4. The summed E-state index contributed by atoms with van der Waals surface area (Å²) in [5, 5.41) is 6.01. The molecule has 1 atom stereocenters. The Morgan fingerprint density at radius 3 is 2.36 bits per heavy atom. The normalized spacial score (nSPS) is 12.1. The number of aromatic nitrogens is 2. The smallest absolute Gasteiger partial charge is 0.318 e. The zero-order valence-corrected chi connectivity index (χ0v) is 25.5. The van der Waals surface area contributed by atoms with Crippen LogP contribution in [0.15, 0.2) is 109 Å².